The number of nitrogens with zero attached hydrogens (tertiary/aromatic N) is 4. The van der Waals surface area contributed by atoms with Crippen molar-refractivity contribution in [1.82, 2.24) is 20.1 Å². The van der Waals surface area contributed by atoms with Crippen molar-refractivity contribution in [3.05, 3.63) is 53.3 Å². The van der Waals surface area contributed by atoms with Gasteiger partial charge in [-0.3, -0.25) is 4.98 Å². The summed E-state index contributed by atoms with van der Waals surface area (Å²) in [5.41, 5.74) is 4.16. The molecule has 3 heterocycles. The zero-order chi connectivity index (χ0) is 19.3. The molecule has 5 rings (SSSR count). The molecular formula is C21H23N5O2. The van der Waals surface area contributed by atoms with E-state index >= 15 is 0 Å². The van der Waals surface area contributed by atoms with Crippen LogP contribution in [0.15, 0.2) is 35.2 Å². The first kappa shape index (κ1) is 17.2. The number of nitrogens with one attached hydrogen (secondary N) is 1. The Balaban J connectivity index is 1.63. The molecule has 1 N–H and O–H groups in total. The molecule has 144 valence electrons. The Morgan fingerprint density at radius 3 is 2.86 bits per heavy atom. The van der Waals surface area contributed by atoms with Crippen molar-refractivity contribution >= 4 is 11.6 Å². The third kappa shape index (κ3) is 2.49. The summed E-state index contributed by atoms with van der Waals surface area (Å²) < 4.78 is 11.2. The molecular weight excluding hydrogens is 354 g/mol. The van der Waals surface area contributed by atoms with Crippen LogP contribution in [0.3, 0.4) is 0 Å². The van der Waals surface area contributed by atoms with E-state index < -0.39 is 0 Å². The van der Waals surface area contributed by atoms with Crippen LogP contribution in [0.5, 0.6) is 5.88 Å². The molecule has 28 heavy (non-hydrogen) atoms. The summed E-state index contributed by atoms with van der Waals surface area (Å²) in [6, 6.07) is 3.79. The maximum absolute atomic E-state index is 5.66. The van der Waals surface area contributed by atoms with E-state index in [0.29, 0.717) is 23.7 Å². The largest absolute Gasteiger partial charge is 0.481 e. The van der Waals surface area contributed by atoms with Crippen LogP contribution in [0.4, 0.5) is 11.6 Å². The fourth-order valence-corrected chi connectivity index (χ4v) is 5.12. The summed E-state index contributed by atoms with van der Waals surface area (Å²) in [6.07, 6.45) is 8.17. The van der Waals surface area contributed by atoms with Crippen LogP contribution in [-0.4, -0.2) is 27.2 Å². The molecule has 2 aliphatic carbocycles. The molecule has 3 aromatic rings. The topological polar surface area (TPSA) is 86.0 Å². The molecule has 3 aromatic heterocycles. The van der Waals surface area contributed by atoms with E-state index in [2.05, 4.69) is 34.3 Å². The third-order valence-electron chi connectivity index (χ3n) is 6.41. The number of aromatic nitrogens is 4. The van der Waals surface area contributed by atoms with E-state index in [1.54, 1.807) is 19.5 Å². The first-order valence-electron chi connectivity index (χ1n) is 9.66. The molecule has 0 radical (unpaired) electrons. The van der Waals surface area contributed by atoms with Gasteiger partial charge in [-0.25, -0.2) is 4.98 Å². The Bertz CT molecular complexity index is 1020. The minimum atomic E-state index is -0.115. The van der Waals surface area contributed by atoms with E-state index in [4.69, 9.17) is 14.2 Å². The number of hydrogen-bond donors (Lipinski definition) is 1. The highest BCUT2D eigenvalue weighted by Crippen LogP contribution is 2.54. The van der Waals surface area contributed by atoms with Crippen molar-refractivity contribution in [1.29, 1.82) is 0 Å². The number of hydrogen-bond acceptors (Lipinski definition) is 7. The molecule has 0 bridgehead atoms. The fraction of sp³-hybridized carbons (Fsp3) is 0.429. The SMILES string of the molecule is COc1nc(Nc2ccncc2)nc2c1CC[C@@H]1[C@@H](C)c3oncc3C[C@@]21C. The summed E-state index contributed by atoms with van der Waals surface area (Å²) in [4.78, 5) is 13.7. The zero-order valence-electron chi connectivity index (χ0n) is 16.3. The predicted molar refractivity (Wildman–Crippen MR) is 104 cm³/mol. The molecule has 0 aliphatic heterocycles. The van der Waals surface area contributed by atoms with Crippen molar-refractivity contribution in [3.63, 3.8) is 0 Å². The van der Waals surface area contributed by atoms with Crippen molar-refractivity contribution in [3.8, 4) is 5.88 Å². The lowest BCUT2D eigenvalue weighted by Crippen LogP contribution is -2.45. The fourth-order valence-electron chi connectivity index (χ4n) is 5.12. The number of anilines is 2. The third-order valence-corrected chi connectivity index (χ3v) is 6.41. The molecule has 3 atom stereocenters. The summed E-state index contributed by atoms with van der Waals surface area (Å²) >= 11 is 0. The van der Waals surface area contributed by atoms with E-state index in [1.165, 1.54) is 5.56 Å². The molecule has 0 saturated carbocycles. The van der Waals surface area contributed by atoms with E-state index in [-0.39, 0.29) is 5.41 Å². The highest BCUT2D eigenvalue weighted by atomic mass is 16.5. The highest BCUT2D eigenvalue weighted by molar-refractivity contribution is 5.55. The Labute approximate surface area is 163 Å². The zero-order valence-corrected chi connectivity index (χ0v) is 16.3. The maximum Gasteiger partial charge on any atom is 0.230 e. The minimum absolute atomic E-state index is 0.115. The lowest BCUT2D eigenvalue weighted by atomic mass is 9.56. The minimum Gasteiger partial charge on any atom is -0.481 e. The second-order valence-corrected chi connectivity index (χ2v) is 7.99. The Morgan fingerprint density at radius 1 is 1.25 bits per heavy atom. The first-order chi connectivity index (χ1) is 13.6. The van der Waals surface area contributed by atoms with Crippen molar-refractivity contribution in [2.75, 3.05) is 12.4 Å². The molecule has 7 nitrogen and oxygen atoms in total. The van der Waals surface area contributed by atoms with Gasteiger partial charge in [-0.05, 0) is 37.3 Å². The van der Waals surface area contributed by atoms with Gasteiger partial charge in [-0.2, -0.15) is 4.98 Å². The standard InChI is InChI=1S/C21H23N5O2/c1-12-16-5-4-15-18(21(16,2)10-13-11-23-28-17(12)13)25-20(26-19(15)27-3)24-14-6-8-22-9-7-14/h6-9,11-12,16H,4-5,10H2,1-3H3,(H,22,24,25,26)/t12-,16-,21-/m1/s1. The van der Waals surface area contributed by atoms with Gasteiger partial charge in [-0.1, -0.05) is 19.0 Å². The van der Waals surface area contributed by atoms with Gasteiger partial charge >= 0.3 is 0 Å². The van der Waals surface area contributed by atoms with Crippen LogP contribution in [-0.2, 0) is 18.3 Å². The molecule has 0 aromatic carbocycles. The van der Waals surface area contributed by atoms with Crippen molar-refractivity contribution < 1.29 is 9.26 Å². The van der Waals surface area contributed by atoms with Crippen LogP contribution >= 0.6 is 0 Å². The van der Waals surface area contributed by atoms with E-state index in [0.717, 1.165) is 42.0 Å². The van der Waals surface area contributed by atoms with Gasteiger partial charge in [0.2, 0.25) is 11.8 Å². The second-order valence-electron chi connectivity index (χ2n) is 7.99. The number of rotatable bonds is 3. The second kappa shape index (κ2) is 6.29. The number of fused-ring (bicyclic) bond motifs is 4. The van der Waals surface area contributed by atoms with Gasteiger partial charge in [0, 0.05) is 40.5 Å². The van der Waals surface area contributed by atoms with Crippen LogP contribution in [0, 0.1) is 5.92 Å². The highest BCUT2D eigenvalue weighted by Gasteiger charge is 2.50. The molecule has 0 unspecified atom stereocenters. The summed E-state index contributed by atoms with van der Waals surface area (Å²) in [6.45, 7) is 4.55. The Morgan fingerprint density at radius 2 is 2.07 bits per heavy atom. The average Bonchev–Trinajstić information content (AvgIpc) is 3.16. The molecule has 0 saturated heterocycles. The molecule has 0 fully saturated rings. The summed E-state index contributed by atoms with van der Waals surface area (Å²) in [5, 5.41) is 7.35. The quantitative estimate of drug-likeness (QED) is 0.743. The van der Waals surface area contributed by atoms with Gasteiger partial charge < -0.3 is 14.6 Å². The molecule has 7 heteroatoms. The summed E-state index contributed by atoms with van der Waals surface area (Å²) in [5.74, 6) is 2.98. The lowest BCUT2D eigenvalue weighted by Gasteiger charge is -2.47. The van der Waals surface area contributed by atoms with Crippen molar-refractivity contribution in [2.24, 2.45) is 5.92 Å². The lowest BCUT2D eigenvalue weighted by molar-refractivity contribution is 0.170. The van der Waals surface area contributed by atoms with E-state index in [9.17, 15) is 0 Å². The van der Waals surface area contributed by atoms with Gasteiger partial charge in [0.15, 0.2) is 0 Å². The van der Waals surface area contributed by atoms with Gasteiger partial charge in [0.25, 0.3) is 0 Å². The Hall–Kier alpha value is -2.96. The number of ether oxygens (including phenoxy) is 1. The van der Waals surface area contributed by atoms with Crippen LogP contribution < -0.4 is 10.1 Å². The first-order valence-corrected chi connectivity index (χ1v) is 9.66. The maximum atomic E-state index is 5.66. The van der Waals surface area contributed by atoms with E-state index in [1.807, 2.05) is 18.3 Å². The summed E-state index contributed by atoms with van der Waals surface area (Å²) in [7, 11) is 1.68. The van der Waals surface area contributed by atoms with Gasteiger partial charge in [0.1, 0.15) is 5.76 Å². The number of methoxy groups -OCH3 is 1. The van der Waals surface area contributed by atoms with Gasteiger partial charge in [0.05, 0.1) is 19.0 Å². The molecule has 0 amide bonds. The van der Waals surface area contributed by atoms with Gasteiger partial charge in [-0.15, -0.1) is 0 Å². The monoisotopic (exact) mass is 377 g/mol. The smallest absolute Gasteiger partial charge is 0.230 e. The van der Waals surface area contributed by atoms with Crippen LogP contribution in [0.1, 0.15) is 48.8 Å². The van der Waals surface area contributed by atoms with Crippen LogP contribution in [0.2, 0.25) is 0 Å². The average molecular weight is 377 g/mol. The normalized spacial score (nSPS) is 25.4. The van der Waals surface area contributed by atoms with Crippen LogP contribution in [0.25, 0.3) is 0 Å². The van der Waals surface area contributed by atoms with Crippen molar-refractivity contribution in [2.45, 2.75) is 44.4 Å². The molecule has 0 spiro atoms. The molecule has 2 aliphatic rings. The number of pyridine rings is 1. The predicted octanol–water partition coefficient (Wildman–Crippen LogP) is 3.79. The Kier molecular flexibility index (Phi) is 3.86.